The third-order valence-corrected chi connectivity index (χ3v) is 5.89. The van der Waals surface area contributed by atoms with Crippen LogP contribution < -0.4 is 10.9 Å². The Morgan fingerprint density at radius 3 is 2.87 bits per heavy atom. The largest absolute Gasteiger partial charge is 0.460 e. The number of imidazole rings is 1. The number of hydrogen-bond acceptors (Lipinski definition) is 7. The van der Waals surface area contributed by atoms with Gasteiger partial charge in [0.15, 0.2) is 11.2 Å². The molecule has 2 aliphatic heterocycles. The lowest BCUT2D eigenvalue weighted by Crippen LogP contribution is -2.32. The van der Waals surface area contributed by atoms with E-state index in [0.717, 1.165) is 24.9 Å². The number of aryl methyl sites for hydroxylation is 1. The van der Waals surface area contributed by atoms with Gasteiger partial charge in [0.2, 0.25) is 5.95 Å². The molecule has 0 unspecified atom stereocenters. The molecule has 2 aromatic heterocycles. The molecule has 0 spiro atoms. The predicted octanol–water partition coefficient (Wildman–Crippen LogP) is 2.91. The van der Waals surface area contributed by atoms with Gasteiger partial charge in [-0.15, -0.1) is 0 Å². The molecular formula is C22H25N5O4. The first kappa shape index (κ1) is 19.7. The highest BCUT2D eigenvalue weighted by Crippen LogP contribution is 2.37. The minimum absolute atomic E-state index is 0.306. The molecule has 9 nitrogen and oxygen atoms in total. The number of anilines is 2. The van der Waals surface area contributed by atoms with Gasteiger partial charge < -0.3 is 14.8 Å². The zero-order valence-corrected chi connectivity index (χ0v) is 17.6. The molecule has 3 aromatic rings. The molecule has 162 valence electrons. The minimum Gasteiger partial charge on any atom is -0.460 e. The number of carbonyl (C=O) groups is 1. The number of esters is 1. The Morgan fingerprint density at radius 1 is 1.32 bits per heavy atom. The lowest BCUT2D eigenvalue weighted by molar-refractivity contribution is -0.149. The Labute approximate surface area is 179 Å². The summed E-state index contributed by atoms with van der Waals surface area (Å²) in [6, 6.07) is 8.16. The van der Waals surface area contributed by atoms with Crippen LogP contribution in [0.3, 0.4) is 0 Å². The second-order valence-corrected chi connectivity index (χ2v) is 8.11. The standard InChI is InChI=1S/C22H25N5O4/c1-3-4-5-14-6-8-15(9-7-14)24-22-25-20(29)19-21-26(22)11-17-16(30-13(2)28)10-18(31-17)27(21)12-23-19/h6-9,12,16-18H,3-5,10-11H2,1-2H3,(H,24,25,29)/t16-,17+,18+/m0/s1. The summed E-state index contributed by atoms with van der Waals surface area (Å²) in [5.74, 6) is 0.0775. The summed E-state index contributed by atoms with van der Waals surface area (Å²) < 4.78 is 15.3. The molecule has 1 saturated heterocycles. The quantitative estimate of drug-likeness (QED) is 0.609. The van der Waals surface area contributed by atoms with E-state index in [4.69, 9.17) is 9.47 Å². The zero-order valence-electron chi connectivity index (χ0n) is 17.6. The minimum atomic E-state index is -0.388. The molecule has 4 heterocycles. The van der Waals surface area contributed by atoms with Gasteiger partial charge in [0.05, 0.1) is 12.9 Å². The van der Waals surface area contributed by atoms with E-state index in [-0.39, 0.29) is 30.0 Å². The van der Waals surface area contributed by atoms with E-state index >= 15 is 0 Å². The van der Waals surface area contributed by atoms with Gasteiger partial charge in [-0.25, -0.2) is 4.98 Å². The number of fused-ring (bicyclic) bond motifs is 3. The van der Waals surface area contributed by atoms with Crippen LogP contribution in [-0.2, 0) is 27.2 Å². The summed E-state index contributed by atoms with van der Waals surface area (Å²) in [5, 5.41) is 3.28. The smallest absolute Gasteiger partial charge is 0.302 e. The van der Waals surface area contributed by atoms with Crippen LogP contribution in [0.25, 0.3) is 11.2 Å². The van der Waals surface area contributed by atoms with Crippen LogP contribution in [0.1, 0.15) is 44.9 Å². The first-order chi connectivity index (χ1) is 15.0. The molecule has 3 atom stereocenters. The molecule has 0 saturated carbocycles. The second-order valence-electron chi connectivity index (χ2n) is 8.11. The average molecular weight is 423 g/mol. The molecule has 2 bridgehead atoms. The molecule has 1 fully saturated rings. The molecule has 9 heteroatoms. The average Bonchev–Trinajstić information content (AvgIpc) is 3.30. The van der Waals surface area contributed by atoms with Gasteiger partial charge in [-0.3, -0.25) is 18.7 Å². The van der Waals surface area contributed by atoms with Crippen LogP contribution in [0.5, 0.6) is 0 Å². The van der Waals surface area contributed by atoms with E-state index in [1.54, 1.807) is 6.33 Å². The Kier molecular flexibility index (Phi) is 4.97. The van der Waals surface area contributed by atoms with Crippen LogP contribution in [0.2, 0.25) is 0 Å². The van der Waals surface area contributed by atoms with E-state index in [2.05, 4.69) is 34.3 Å². The molecule has 2 aliphatic rings. The summed E-state index contributed by atoms with van der Waals surface area (Å²) in [4.78, 5) is 32.7. The number of ether oxygens (including phenoxy) is 2. The van der Waals surface area contributed by atoms with Crippen molar-refractivity contribution in [2.24, 2.45) is 0 Å². The summed E-state index contributed by atoms with van der Waals surface area (Å²) in [6.45, 7) is 3.96. The number of aromatic nitrogens is 4. The van der Waals surface area contributed by atoms with Crippen molar-refractivity contribution >= 4 is 28.8 Å². The normalized spacial score (nSPS) is 21.8. The van der Waals surface area contributed by atoms with E-state index < -0.39 is 0 Å². The van der Waals surface area contributed by atoms with Crippen molar-refractivity contribution in [3.63, 3.8) is 0 Å². The molecule has 5 rings (SSSR count). The Morgan fingerprint density at radius 2 is 2.13 bits per heavy atom. The molecule has 1 aromatic carbocycles. The number of nitrogens with one attached hydrogen (secondary N) is 1. The molecule has 0 radical (unpaired) electrons. The third kappa shape index (κ3) is 3.59. The third-order valence-electron chi connectivity index (χ3n) is 5.89. The fourth-order valence-electron chi connectivity index (χ4n) is 4.38. The number of rotatable bonds is 6. The fourth-order valence-corrected chi connectivity index (χ4v) is 4.38. The maximum absolute atomic E-state index is 12.6. The van der Waals surface area contributed by atoms with Crippen molar-refractivity contribution in [3.05, 3.63) is 46.5 Å². The summed E-state index contributed by atoms with van der Waals surface area (Å²) >= 11 is 0. The van der Waals surface area contributed by atoms with Crippen molar-refractivity contribution in [1.29, 1.82) is 0 Å². The van der Waals surface area contributed by atoms with Crippen molar-refractivity contribution in [2.45, 2.75) is 64.5 Å². The van der Waals surface area contributed by atoms with Gasteiger partial charge >= 0.3 is 11.5 Å². The van der Waals surface area contributed by atoms with E-state index in [9.17, 15) is 9.59 Å². The number of benzene rings is 1. The SMILES string of the molecule is CCCCc1ccc(Nc2nc(=O)c3ncn4c3n2C[C@H]2O[C@@H]4C[C@@H]2OC(C)=O)cc1. The molecule has 1 N–H and O–H groups in total. The monoisotopic (exact) mass is 423 g/mol. The highest BCUT2D eigenvalue weighted by molar-refractivity contribution is 5.73. The Hall–Kier alpha value is -3.20. The van der Waals surface area contributed by atoms with Crippen LogP contribution >= 0.6 is 0 Å². The topological polar surface area (TPSA) is 100 Å². The van der Waals surface area contributed by atoms with E-state index in [0.29, 0.717) is 30.1 Å². The van der Waals surface area contributed by atoms with Crippen LogP contribution in [0.4, 0.5) is 11.6 Å². The van der Waals surface area contributed by atoms with E-state index in [1.165, 1.54) is 12.5 Å². The highest BCUT2D eigenvalue weighted by atomic mass is 16.6. The van der Waals surface area contributed by atoms with Crippen molar-refractivity contribution in [1.82, 2.24) is 19.1 Å². The second kappa shape index (κ2) is 7.81. The number of carbonyl (C=O) groups excluding carboxylic acids is 1. The highest BCUT2D eigenvalue weighted by Gasteiger charge is 2.42. The predicted molar refractivity (Wildman–Crippen MR) is 114 cm³/mol. The Bertz CT molecular complexity index is 1180. The molecule has 31 heavy (non-hydrogen) atoms. The number of unbranched alkanes of at least 4 members (excludes halogenated alkanes) is 1. The lowest BCUT2D eigenvalue weighted by atomic mass is 10.1. The van der Waals surface area contributed by atoms with Crippen molar-refractivity contribution in [3.8, 4) is 0 Å². The van der Waals surface area contributed by atoms with Gasteiger partial charge in [-0.1, -0.05) is 25.5 Å². The van der Waals surface area contributed by atoms with Crippen molar-refractivity contribution < 1.29 is 14.3 Å². The fraction of sp³-hybridized carbons (Fsp3) is 0.455. The summed E-state index contributed by atoms with van der Waals surface area (Å²) in [7, 11) is 0. The van der Waals surface area contributed by atoms with Gasteiger partial charge in [-0.2, -0.15) is 4.98 Å². The molecule has 0 amide bonds. The first-order valence-electron chi connectivity index (χ1n) is 10.7. The lowest BCUT2D eigenvalue weighted by Gasteiger charge is -2.22. The zero-order chi connectivity index (χ0) is 21.5. The van der Waals surface area contributed by atoms with Gasteiger partial charge in [-0.05, 0) is 30.5 Å². The Balaban J connectivity index is 1.51. The first-order valence-corrected chi connectivity index (χ1v) is 10.7. The number of nitrogens with zero attached hydrogens (tertiary/aromatic N) is 4. The van der Waals surface area contributed by atoms with Gasteiger partial charge in [0, 0.05) is 19.0 Å². The summed E-state index contributed by atoms with van der Waals surface area (Å²) in [6.07, 6.45) is 4.43. The van der Waals surface area contributed by atoms with Crippen LogP contribution in [0, 0.1) is 0 Å². The van der Waals surface area contributed by atoms with Crippen LogP contribution in [0.15, 0.2) is 35.4 Å². The van der Waals surface area contributed by atoms with Gasteiger partial charge in [0.1, 0.15) is 18.4 Å². The van der Waals surface area contributed by atoms with Gasteiger partial charge in [0.25, 0.3) is 0 Å². The maximum atomic E-state index is 12.6. The molecule has 0 aliphatic carbocycles. The van der Waals surface area contributed by atoms with Crippen molar-refractivity contribution in [2.75, 3.05) is 5.32 Å². The van der Waals surface area contributed by atoms with Crippen LogP contribution in [-0.4, -0.2) is 37.3 Å². The van der Waals surface area contributed by atoms with E-state index in [1.807, 2.05) is 21.3 Å². The molecular weight excluding hydrogens is 398 g/mol. The number of hydrogen-bond donors (Lipinski definition) is 1. The summed E-state index contributed by atoms with van der Waals surface area (Å²) in [5.41, 5.74) is 2.70. The maximum Gasteiger partial charge on any atom is 0.302 e.